The fraction of sp³-hybridized carbons (Fsp3) is 0.375. The van der Waals surface area contributed by atoms with Crippen LogP contribution in [0, 0.1) is 0 Å². The van der Waals surface area contributed by atoms with Crippen LogP contribution in [0.15, 0.2) is 6.07 Å². The van der Waals surface area contributed by atoms with Crippen molar-refractivity contribution in [1.29, 1.82) is 0 Å². The summed E-state index contributed by atoms with van der Waals surface area (Å²) < 4.78 is 0. The van der Waals surface area contributed by atoms with E-state index in [2.05, 4.69) is 4.98 Å². The molecule has 0 radical (unpaired) electrons. The predicted molar refractivity (Wildman–Crippen MR) is 43.2 cm³/mol. The van der Waals surface area contributed by atoms with Gasteiger partial charge in [-0.1, -0.05) is 11.6 Å². The van der Waals surface area contributed by atoms with Crippen LogP contribution in [0.25, 0.3) is 0 Å². The smallest absolute Gasteiger partial charge is 0.166 e. The van der Waals surface area contributed by atoms with Gasteiger partial charge in [0.25, 0.3) is 0 Å². The molecule has 1 aromatic rings. The Bertz CT molecular complexity index is 288. The molecule has 1 aliphatic carbocycles. The summed E-state index contributed by atoms with van der Waals surface area (Å²) in [5, 5.41) is 0.634. The molecule has 1 N–H and O–H groups in total. The SMILES string of the molecule is O=Cc1cc(C2CC2)c(Cl)[nH]1. The Morgan fingerprint density at radius 1 is 1.64 bits per heavy atom. The molecule has 3 heteroatoms. The van der Waals surface area contributed by atoms with E-state index in [9.17, 15) is 4.79 Å². The van der Waals surface area contributed by atoms with Crippen LogP contribution in [0.4, 0.5) is 0 Å². The fourth-order valence-corrected chi connectivity index (χ4v) is 1.54. The molecule has 1 aliphatic rings. The molecule has 0 aromatic carbocycles. The van der Waals surface area contributed by atoms with Gasteiger partial charge in [0.2, 0.25) is 0 Å². The van der Waals surface area contributed by atoms with Gasteiger partial charge in [-0.25, -0.2) is 0 Å². The van der Waals surface area contributed by atoms with Crippen molar-refractivity contribution in [3.05, 3.63) is 22.5 Å². The third-order valence-electron chi connectivity index (χ3n) is 1.96. The number of nitrogens with one attached hydrogen (secondary N) is 1. The van der Waals surface area contributed by atoms with Gasteiger partial charge in [0, 0.05) is 0 Å². The van der Waals surface area contributed by atoms with Crippen LogP contribution in [0.5, 0.6) is 0 Å². The number of hydrogen-bond donors (Lipinski definition) is 1. The summed E-state index contributed by atoms with van der Waals surface area (Å²) in [7, 11) is 0. The predicted octanol–water partition coefficient (Wildman–Crippen LogP) is 2.36. The second kappa shape index (κ2) is 2.38. The van der Waals surface area contributed by atoms with Gasteiger partial charge in [-0.05, 0) is 30.4 Å². The van der Waals surface area contributed by atoms with Crippen LogP contribution in [0.3, 0.4) is 0 Å². The van der Waals surface area contributed by atoms with Crippen LogP contribution in [-0.2, 0) is 0 Å². The van der Waals surface area contributed by atoms with Gasteiger partial charge in [0.15, 0.2) is 6.29 Å². The van der Waals surface area contributed by atoms with Gasteiger partial charge >= 0.3 is 0 Å². The lowest BCUT2D eigenvalue weighted by Crippen LogP contribution is -1.73. The molecule has 1 aromatic heterocycles. The number of hydrogen-bond acceptors (Lipinski definition) is 1. The maximum absolute atomic E-state index is 10.3. The summed E-state index contributed by atoms with van der Waals surface area (Å²) >= 11 is 5.84. The van der Waals surface area contributed by atoms with Crippen LogP contribution >= 0.6 is 11.6 Å². The number of halogens is 1. The first-order valence-corrected chi connectivity index (χ1v) is 4.02. The van der Waals surface area contributed by atoms with Crippen LogP contribution in [-0.4, -0.2) is 11.3 Å². The number of carbonyl (C=O) groups excluding carboxylic acids is 1. The molecular formula is C8H8ClNO. The molecule has 1 heterocycles. The van der Waals surface area contributed by atoms with Gasteiger partial charge in [-0.2, -0.15) is 0 Å². The van der Waals surface area contributed by atoms with Crippen molar-refractivity contribution in [2.45, 2.75) is 18.8 Å². The van der Waals surface area contributed by atoms with Gasteiger partial charge in [-0.3, -0.25) is 4.79 Å². The highest BCUT2D eigenvalue weighted by atomic mass is 35.5. The molecule has 2 rings (SSSR count). The minimum absolute atomic E-state index is 0.580. The minimum Gasteiger partial charge on any atom is -0.343 e. The first-order valence-electron chi connectivity index (χ1n) is 3.65. The summed E-state index contributed by atoms with van der Waals surface area (Å²) in [5.74, 6) is 0.604. The second-order valence-electron chi connectivity index (χ2n) is 2.89. The van der Waals surface area contributed by atoms with Crippen molar-refractivity contribution >= 4 is 17.9 Å². The molecule has 0 unspecified atom stereocenters. The second-order valence-corrected chi connectivity index (χ2v) is 3.26. The quantitative estimate of drug-likeness (QED) is 0.678. The summed E-state index contributed by atoms with van der Waals surface area (Å²) in [6.07, 6.45) is 3.20. The maximum atomic E-state index is 10.3. The molecular weight excluding hydrogens is 162 g/mol. The largest absolute Gasteiger partial charge is 0.343 e. The fourth-order valence-electron chi connectivity index (χ4n) is 1.22. The number of aromatic nitrogens is 1. The van der Waals surface area contributed by atoms with E-state index in [1.54, 1.807) is 0 Å². The number of aldehydes is 1. The number of rotatable bonds is 2. The zero-order valence-electron chi connectivity index (χ0n) is 5.93. The molecule has 0 spiro atoms. The normalized spacial score (nSPS) is 16.8. The first-order chi connectivity index (χ1) is 5.31. The number of aromatic amines is 1. The Kier molecular flexibility index (Phi) is 1.50. The Morgan fingerprint density at radius 3 is 2.82 bits per heavy atom. The summed E-state index contributed by atoms with van der Waals surface area (Å²) in [6.45, 7) is 0. The highest BCUT2D eigenvalue weighted by Gasteiger charge is 2.27. The molecule has 0 bridgehead atoms. The van der Waals surface area contributed by atoms with Gasteiger partial charge in [0.05, 0.1) is 5.69 Å². The molecule has 0 aliphatic heterocycles. The van der Waals surface area contributed by atoms with Crippen molar-refractivity contribution in [3.8, 4) is 0 Å². The van der Waals surface area contributed by atoms with E-state index in [-0.39, 0.29) is 0 Å². The lowest BCUT2D eigenvalue weighted by Gasteiger charge is -1.88. The van der Waals surface area contributed by atoms with E-state index >= 15 is 0 Å². The Hall–Kier alpha value is -0.760. The topological polar surface area (TPSA) is 32.9 Å². The number of H-pyrrole nitrogens is 1. The van der Waals surface area contributed by atoms with Crippen LogP contribution < -0.4 is 0 Å². The molecule has 0 saturated heterocycles. The Balaban J connectivity index is 2.37. The zero-order chi connectivity index (χ0) is 7.84. The Morgan fingerprint density at radius 2 is 2.36 bits per heavy atom. The Labute approximate surface area is 69.6 Å². The summed E-state index contributed by atoms with van der Waals surface area (Å²) in [4.78, 5) is 13.1. The highest BCUT2D eigenvalue weighted by molar-refractivity contribution is 6.30. The molecule has 11 heavy (non-hydrogen) atoms. The van der Waals surface area contributed by atoms with Crippen molar-refractivity contribution in [3.63, 3.8) is 0 Å². The van der Waals surface area contributed by atoms with Crippen LogP contribution in [0.1, 0.15) is 34.8 Å². The monoisotopic (exact) mass is 169 g/mol. The van der Waals surface area contributed by atoms with Crippen molar-refractivity contribution < 1.29 is 4.79 Å². The molecule has 2 nitrogen and oxygen atoms in total. The van der Waals surface area contributed by atoms with Gasteiger partial charge in [-0.15, -0.1) is 0 Å². The van der Waals surface area contributed by atoms with E-state index in [1.165, 1.54) is 12.8 Å². The highest BCUT2D eigenvalue weighted by Crippen LogP contribution is 2.43. The lowest BCUT2D eigenvalue weighted by atomic mass is 10.2. The summed E-state index contributed by atoms with van der Waals surface area (Å²) in [5.41, 5.74) is 1.69. The first kappa shape index (κ1) is 6.92. The van der Waals surface area contributed by atoms with Crippen molar-refractivity contribution in [2.24, 2.45) is 0 Å². The standard InChI is InChI=1S/C8H8ClNO/c9-8-7(5-1-2-5)3-6(4-11)10-8/h3-5,10H,1-2H2. The van der Waals surface area contributed by atoms with Gasteiger partial charge in [0.1, 0.15) is 5.15 Å². The molecule has 1 saturated carbocycles. The van der Waals surface area contributed by atoms with Gasteiger partial charge < -0.3 is 4.98 Å². The minimum atomic E-state index is 0.580. The zero-order valence-corrected chi connectivity index (χ0v) is 6.69. The molecule has 58 valence electrons. The van der Waals surface area contributed by atoms with E-state index < -0.39 is 0 Å². The average molecular weight is 170 g/mol. The van der Waals surface area contributed by atoms with E-state index in [4.69, 9.17) is 11.6 Å². The third-order valence-corrected chi connectivity index (χ3v) is 2.28. The molecule has 0 atom stereocenters. The molecule has 1 fully saturated rings. The lowest BCUT2D eigenvalue weighted by molar-refractivity contribution is 0.111. The van der Waals surface area contributed by atoms with Crippen LogP contribution in [0.2, 0.25) is 5.15 Å². The van der Waals surface area contributed by atoms with E-state index in [1.807, 2.05) is 6.07 Å². The van der Waals surface area contributed by atoms with Crippen molar-refractivity contribution in [2.75, 3.05) is 0 Å². The van der Waals surface area contributed by atoms with E-state index in [0.717, 1.165) is 11.8 Å². The molecule has 0 amide bonds. The average Bonchev–Trinajstić information content (AvgIpc) is 2.76. The maximum Gasteiger partial charge on any atom is 0.166 e. The van der Waals surface area contributed by atoms with E-state index in [0.29, 0.717) is 16.8 Å². The third kappa shape index (κ3) is 1.18. The summed E-state index contributed by atoms with van der Waals surface area (Å²) in [6, 6.07) is 1.84. The number of carbonyl (C=O) groups is 1. The van der Waals surface area contributed by atoms with Crippen molar-refractivity contribution in [1.82, 2.24) is 4.98 Å².